The van der Waals surface area contributed by atoms with Gasteiger partial charge in [0.15, 0.2) is 0 Å². The Morgan fingerprint density at radius 1 is 1.15 bits per heavy atom. The lowest BCUT2D eigenvalue weighted by atomic mass is 9.51. The molecular formula is C17H29NO2. The highest BCUT2D eigenvalue weighted by Gasteiger charge is 2.50. The Morgan fingerprint density at radius 3 is 2.25 bits per heavy atom. The third kappa shape index (κ3) is 2.74. The highest BCUT2D eigenvalue weighted by atomic mass is 16.3. The van der Waals surface area contributed by atoms with Crippen molar-refractivity contribution in [3.05, 3.63) is 0 Å². The molecule has 1 unspecified atom stereocenters. The van der Waals surface area contributed by atoms with Crippen LogP contribution in [0.1, 0.15) is 51.9 Å². The van der Waals surface area contributed by atoms with Crippen LogP contribution < -0.4 is 5.32 Å². The summed E-state index contributed by atoms with van der Waals surface area (Å²) in [5, 5.41) is 12.2. The van der Waals surface area contributed by atoms with Gasteiger partial charge in [-0.3, -0.25) is 4.79 Å². The summed E-state index contributed by atoms with van der Waals surface area (Å²) in [5.74, 6) is 4.25. The molecule has 0 aliphatic heterocycles. The summed E-state index contributed by atoms with van der Waals surface area (Å²) < 4.78 is 0. The molecule has 0 saturated heterocycles. The number of nitrogens with one attached hydrogen (secondary N) is 1. The van der Waals surface area contributed by atoms with Crippen molar-refractivity contribution in [1.29, 1.82) is 0 Å². The van der Waals surface area contributed by atoms with Crippen molar-refractivity contribution in [2.45, 2.75) is 51.9 Å². The van der Waals surface area contributed by atoms with Crippen LogP contribution in [0.25, 0.3) is 0 Å². The van der Waals surface area contributed by atoms with Crippen LogP contribution in [-0.4, -0.2) is 24.2 Å². The lowest BCUT2D eigenvalue weighted by Crippen LogP contribution is -2.51. The average molecular weight is 279 g/mol. The molecule has 2 N–H and O–H groups in total. The Labute approximate surface area is 122 Å². The number of aliphatic hydroxyl groups is 1. The minimum Gasteiger partial charge on any atom is -0.396 e. The standard InChI is InChI=1S/C17H29NO2/c1-2-11(3-4-19)10-18-17(20)16-14-6-12-5-13(8-14)9-15(16)7-12/h11-16,19H,2-10H2,1H3,(H,18,20). The van der Waals surface area contributed by atoms with E-state index in [4.69, 9.17) is 5.11 Å². The molecule has 0 aromatic rings. The van der Waals surface area contributed by atoms with E-state index in [1.807, 2.05) is 0 Å². The van der Waals surface area contributed by atoms with Gasteiger partial charge < -0.3 is 10.4 Å². The number of hydrogen-bond acceptors (Lipinski definition) is 2. The van der Waals surface area contributed by atoms with Crippen LogP contribution in [-0.2, 0) is 4.79 Å². The van der Waals surface area contributed by atoms with Crippen LogP contribution >= 0.6 is 0 Å². The van der Waals surface area contributed by atoms with E-state index in [2.05, 4.69) is 12.2 Å². The van der Waals surface area contributed by atoms with E-state index < -0.39 is 0 Å². The molecule has 1 atom stereocenters. The van der Waals surface area contributed by atoms with Gasteiger partial charge in [0.2, 0.25) is 5.91 Å². The first-order chi connectivity index (χ1) is 9.71. The first kappa shape index (κ1) is 14.4. The zero-order valence-electron chi connectivity index (χ0n) is 12.7. The highest BCUT2D eigenvalue weighted by molar-refractivity contribution is 5.79. The predicted molar refractivity (Wildman–Crippen MR) is 79.0 cm³/mol. The van der Waals surface area contributed by atoms with Gasteiger partial charge >= 0.3 is 0 Å². The normalized spacial score (nSPS) is 39.8. The molecule has 0 spiro atoms. The van der Waals surface area contributed by atoms with E-state index in [0.717, 1.165) is 31.2 Å². The quantitative estimate of drug-likeness (QED) is 0.785. The molecule has 4 rings (SSSR count). The molecule has 0 aromatic carbocycles. The average Bonchev–Trinajstić information content (AvgIpc) is 2.42. The van der Waals surface area contributed by atoms with Gasteiger partial charge in [0.1, 0.15) is 0 Å². The molecule has 3 nitrogen and oxygen atoms in total. The largest absolute Gasteiger partial charge is 0.396 e. The van der Waals surface area contributed by atoms with Crippen molar-refractivity contribution in [2.75, 3.05) is 13.2 Å². The molecule has 4 aliphatic rings. The Hall–Kier alpha value is -0.570. The van der Waals surface area contributed by atoms with Crippen molar-refractivity contribution in [1.82, 2.24) is 5.32 Å². The van der Waals surface area contributed by atoms with Crippen LogP contribution in [0, 0.1) is 35.5 Å². The van der Waals surface area contributed by atoms with Crippen molar-refractivity contribution in [3.63, 3.8) is 0 Å². The van der Waals surface area contributed by atoms with Crippen LogP contribution in [0.5, 0.6) is 0 Å². The topological polar surface area (TPSA) is 49.3 Å². The van der Waals surface area contributed by atoms with Gasteiger partial charge in [-0.25, -0.2) is 0 Å². The maximum absolute atomic E-state index is 12.6. The maximum Gasteiger partial charge on any atom is 0.223 e. The summed E-state index contributed by atoms with van der Waals surface area (Å²) in [4.78, 5) is 12.6. The van der Waals surface area contributed by atoms with Crippen LogP contribution in [0.2, 0.25) is 0 Å². The lowest BCUT2D eigenvalue weighted by molar-refractivity contribution is -0.138. The summed E-state index contributed by atoms with van der Waals surface area (Å²) in [7, 11) is 0. The summed E-state index contributed by atoms with van der Waals surface area (Å²) in [5.41, 5.74) is 0. The monoisotopic (exact) mass is 279 g/mol. The first-order valence-corrected chi connectivity index (χ1v) is 8.59. The minimum absolute atomic E-state index is 0.229. The second kappa shape index (κ2) is 6.05. The SMILES string of the molecule is CCC(CCO)CNC(=O)C1C2CC3CC(C2)CC1C3. The Morgan fingerprint density at radius 2 is 1.75 bits per heavy atom. The summed E-state index contributed by atoms with van der Waals surface area (Å²) in [6.07, 6.45) is 8.49. The second-order valence-electron chi connectivity index (χ2n) is 7.49. The Balaban J connectivity index is 1.55. The molecule has 4 saturated carbocycles. The molecule has 0 radical (unpaired) electrons. The molecule has 0 aromatic heterocycles. The number of amides is 1. The molecule has 3 heteroatoms. The lowest BCUT2D eigenvalue weighted by Gasteiger charge is -2.53. The van der Waals surface area contributed by atoms with E-state index >= 15 is 0 Å². The number of carbonyl (C=O) groups is 1. The van der Waals surface area contributed by atoms with Gasteiger partial charge in [-0.2, -0.15) is 0 Å². The predicted octanol–water partition coefficient (Wildman–Crippen LogP) is 2.58. The van der Waals surface area contributed by atoms with Gasteiger partial charge in [-0.1, -0.05) is 13.3 Å². The number of carbonyl (C=O) groups excluding carboxylic acids is 1. The summed E-state index contributed by atoms with van der Waals surface area (Å²) in [6, 6.07) is 0. The van der Waals surface area contributed by atoms with E-state index in [1.165, 1.54) is 32.1 Å². The van der Waals surface area contributed by atoms with Gasteiger partial charge in [-0.15, -0.1) is 0 Å². The fourth-order valence-corrected chi connectivity index (χ4v) is 5.35. The molecule has 4 bridgehead atoms. The number of hydrogen-bond donors (Lipinski definition) is 2. The van der Waals surface area contributed by atoms with E-state index in [9.17, 15) is 4.79 Å². The van der Waals surface area contributed by atoms with Crippen molar-refractivity contribution >= 4 is 5.91 Å². The van der Waals surface area contributed by atoms with Gasteiger partial charge in [-0.05, 0) is 68.1 Å². The van der Waals surface area contributed by atoms with Crippen LogP contribution in [0.3, 0.4) is 0 Å². The van der Waals surface area contributed by atoms with Gasteiger partial charge in [0.25, 0.3) is 0 Å². The third-order valence-electron chi connectivity index (χ3n) is 6.21. The molecular weight excluding hydrogens is 250 g/mol. The van der Waals surface area contributed by atoms with Gasteiger partial charge in [0.05, 0.1) is 0 Å². The van der Waals surface area contributed by atoms with Gasteiger partial charge in [0, 0.05) is 19.1 Å². The van der Waals surface area contributed by atoms with E-state index in [0.29, 0.717) is 29.6 Å². The number of rotatable bonds is 6. The smallest absolute Gasteiger partial charge is 0.223 e. The summed E-state index contributed by atoms with van der Waals surface area (Å²) >= 11 is 0. The molecule has 20 heavy (non-hydrogen) atoms. The second-order valence-corrected chi connectivity index (χ2v) is 7.49. The fraction of sp³-hybridized carbons (Fsp3) is 0.941. The zero-order valence-corrected chi connectivity index (χ0v) is 12.7. The minimum atomic E-state index is 0.229. The molecule has 1 amide bonds. The first-order valence-electron chi connectivity index (χ1n) is 8.59. The maximum atomic E-state index is 12.6. The van der Waals surface area contributed by atoms with Crippen molar-refractivity contribution < 1.29 is 9.90 Å². The zero-order chi connectivity index (χ0) is 14.1. The van der Waals surface area contributed by atoms with Crippen molar-refractivity contribution in [3.8, 4) is 0 Å². The third-order valence-corrected chi connectivity index (χ3v) is 6.21. The van der Waals surface area contributed by atoms with E-state index in [-0.39, 0.29) is 6.61 Å². The van der Waals surface area contributed by atoms with Crippen LogP contribution in [0.15, 0.2) is 0 Å². The molecule has 4 aliphatic carbocycles. The highest BCUT2D eigenvalue weighted by Crippen LogP contribution is 2.56. The fourth-order valence-electron chi connectivity index (χ4n) is 5.35. The van der Waals surface area contributed by atoms with E-state index in [1.54, 1.807) is 0 Å². The summed E-state index contributed by atoms with van der Waals surface area (Å²) in [6.45, 7) is 3.11. The molecule has 4 fully saturated rings. The Bertz CT molecular complexity index is 327. The molecule has 114 valence electrons. The Kier molecular flexibility index (Phi) is 4.34. The molecule has 0 heterocycles. The van der Waals surface area contributed by atoms with Crippen LogP contribution in [0.4, 0.5) is 0 Å². The van der Waals surface area contributed by atoms with Crippen molar-refractivity contribution in [2.24, 2.45) is 35.5 Å². The number of aliphatic hydroxyl groups excluding tert-OH is 1.